The molecule has 0 radical (unpaired) electrons. The van der Waals surface area contributed by atoms with Crippen LogP contribution in [0.5, 0.6) is 0 Å². The molecule has 0 N–H and O–H groups in total. The fourth-order valence-corrected chi connectivity index (χ4v) is 4.97. The third kappa shape index (κ3) is 2.72. The molecular formula is C14H14Br2ClNO. The quantitative estimate of drug-likeness (QED) is 0.624. The average molecular weight is 408 g/mol. The fraction of sp³-hybridized carbons (Fsp3) is 0.500. The Balaban J connectivity index is 1.88. The summed E-state index contributed by atoms with van der Waals surface area (Å²) in [4.78, 5) is 14.8. The SMILES string of the molecule is O=C(c1cc(Br)cc(Br)c1)N1C2CCC1CC(Cl)C2. The normalized spacial score (nSPS) is 29.6. The summed E-state index contributed by atoms with van der Waals surface area (Å²) in [7, 11) is 0. The summed E-state index contributed by atoms with van der Waals surface area (Å²) in [6, 6.07) is 6.37. The first kappa shape index (κ1) is 13.9. The van der Waals surface area contributed by atoms with Crippen molar-refractivity contribution in [1.82, 2.24) is 4.90 Å². The number of piperidine rings is 1. The zero-order valence-corrected chi connectivity index (χ0v) is 14.2. The van der Waals surface area contributed by atoms with Crippen molar-refractivity contribution in [2.24, 2.45) is 0 Å². The molecule has 2 unspecified atom stereocenters. The Morgan fingerprint density at radius 2 is 1.63 bits per heavy atom. The molecule has 2 atom stereocenters. The Morgan fingerprint density at radius 1 is 1.11 bits per heavy atom. The predicted octanol–water partition coefficient (Wildman–Crippen LogP) is 4.59. The van der Waals surface area contributed by atoms with Gasteiger partial charge in [-0.1, -0.05) is 31.9 Å². The van der Waals surface area contributed by atoms with Crippen LogP contribution in [0.15, 0.2) is 27.1 Å². The van der Waals surface area contributed by atoms with E-state index in [0.717, 1.165) is 40.2 Å². The smallest absolute Gasteiger partial charge is 0.254 e. The van der Waals surface area contributed by atoms with Gasteiger partial charge in [-0.2, -0.15) is 0 Å². The molecular weight excluding hydrogens is 393 g/mol. The van der Waals surface area contributed by atoms with Gasteiger partial charge in [0.25, 0.3) is 5.91 Å². The molecule has 1 amide bonds. The zero-order chi connectivity index (χ0) is 13.6. The van der Waals surface area contributed by atoms with Crippen molar-refractivity contribution in [2.45, 2.75) is 43.1 Å². The molecule has 2 fully saturated rings. The van der Waals surface area contributed by atoms with E-state index >= 15 is 0 Å². The summed E-state index contributed by atoms with van der Waals surface area (Å²) in [5, 5.41) is 0.232. The van der Waals surface area contributed by atoms with E-state index in [4.69, 9.17) is 11.6 Å². The van der Waals surface area contributed by atoms with Gasteiger partial charge in [-0.15, -0.1) is 11.6 Å². The number of nitrogens with zero attached hydrogens (tertiary/aromatic N) is 1. The van der Waals surface area contributed by atoms with Crippen molar-refractivity contribution in [3.05, 3.63) is 32.7 Å². The Hall–Kier alpha value is -0.0600. The van der Waals surface area contributed by atoms with Crippen LogP contribution in [0.25, 0.3) is 0 Å². The van der Waals surface area contributed by atoms with Crippen molar-refractivity contribution >= 4 is 49.4 Å². The average Bonchev–Trinajstić information content (AvgIpc) is 2.59. The van der Waals surface area contributed by atoms with Gasteiger partial charge < -0.3 is 4.90 Å². The van der Waals surface area contributed by atoms with Crippen LogP contribution >= 0.6 is 43.5 Å². The van der Waals surface area contributed by atoms with Gasteiger partial charge in [-0.3, -0.25) is 4.79 Å². The minimum Gasteiger partial charge on any atom is -0.333 e. The van der Waals surface area contributed by atoms with Gasteiger partial charge in [0, 0.05) is 32.0 Å². The van der Waals surface area contributed by atoms with Gasteiger partial charge in [-0.05, 0) is 43.9 Å². The minimum absolute atomic E-state index is 0.137. The van der Waals surface area contributed by atoms with Crippen LogP contribution in [0.3, 0.4) is 0 Å². The third-order valence-corrected chi connectivity index (χ3v) is 5.29. The molecule has 1 aromatic carbocycles. The first-order chi connectivity index (χ1) is 9.04. The highest BCUT2D eigenvalue weighted by atomic mass is 79.9. The second-order valence-electron chi connectivity index (χ2n) is 5.32. The van der Waals surface area contributed by atoms with Gasteiger partial charge >= 0.3 is 0 Å². The number of fused-ring (bicyclic) bond motifs is 2. The molecule has 2 bridgehead atoms. The standard InChI is InChI=1S/C14H14Br2ClNO/c15-9-3-8(4-10(16)5-9)14(19)18-12-1-2-13(18)7-11(17)6-12/h3-5,11-13H,1-2,6-7H2. The molecule has 0 saturated carbocycles. The number of halogens is 3. The summed E-state index contributed by atoms with van der Waals surface area (Å²) in [6.45, 7) is 0. The summed E-state index contributed by atoms with van der Waals surface area (Å²) >= 11 is 13.1. The number of rotatable bonds is 1. The summed E-state index contributed by atoms with van der Waals surface area (Å²) in [6.07, 6.45) is 4.04. The zero-order valence-electron chi connectivity index (χ0n) is 10.3. The van der Waals surface area contributed by atoms with Crippen molar-refractivity contribution < 1.29 is 4.79 Å². The summed E-state index contributed by atoms with van der Waals surface area (Å²) < 4.78 is 1.84. The number of benzene rings is 1. The van der Waals surface area contributed by atoms with Crippen molar-refractivity contribution in [1.29, 1.82) is 0 Å². The highest BCUT2D eigenvalue weighted by Gasteiger charge is 2.42. The third-order valence-electron chi connectivity index (χ3n) is 4.02. The maximum atomic E-state index is 12.7. The van der Waals surface area contributed by atoms with E-state index in [-0.39, 0.29) is 11.3 Å². The topological polar surface area (TPSA) is 20.3 Å². The lowest BCUT2D eigenvalue weighted by molar-refractivity contribution is 0.0599. The van der Waals surface area contributed by atoms with Crippen LogP contribution in [0, 0.1) is 0 Å². The number of carbonyl (C=O) groups excluding carboxylic acids is 1. The van der Waals surface area contributed by atoms with Crippen LogP contribution < -0.4 is 0 Å². The first-order valence-electron chi connectivity index (χ1n) is 6.47. The lowest BCUT2D eigenvalue weighted by Crippen LogP contribution is -2.46. The molecule has 102 valence electrons. The fourth-order valence-electron chi connectivity index (χ4n) is 3.27. The maximum absolute atomic E-state index is 12.7. The largest absolute Gasteiger partial charge is 0.333 e. The van der Waals surface area contributed by atoms with E-state index < -0.39 is 0 Å². The molecule has 2 nitrogen and oxygen atoms in total. The Bertz CT molecular complexity index is 488. The van der Waals surface area contributed by atoms with Gasteiger partial charge in [0.05, 0.1) is 0 Å². The Kier molecular flexibility index (Phi) is 3.93. The Morgan fingerprint density at radius 3 is 2.16 bits per heavy atom. The lowest BCUT2D eigenvalue weighted by Gasteiger charge is -2.37. The van der Waals surface area contributed by atoms with E-state index in [9.17, 15) is 4.79 Å². The van der Waals surface area contributed by atoms with E-state index in [1.54, 1.807) is 0 Å². The molecule has 19 heavy (non-hydrogen) atoms. The van der Waals surface area contributed by atoms with Crippen molar-refractivity contribution in [3.63, 3.8) is 0 Å². The molecule has 0 aliphatic carbocycles. The van der Waals surface area contributed by atoms with Crippen molar-refractivity contribution in [3.8, 4) is 0 Å². The molecule has 0 aromatic heterocycles. The molecule has 3 rings (SSSR count). The van der Waals surface area contributed by atoms with Gasteiger partial charge in [0.2, 0.25) is 0 Å². The van der Waals surface area contributed by atoms with Gasteiger partial charge in [0.1, 0.15) is 0 Å². The molecule has 2 aliphatic heterocycles. The predicted molar refractivity (Wildman–Crippen MR) is 83.7 cm³/mol. The molecule has 1 aromatic rings. The van der Waals surface area contributed by atoms with Crippen LogP contribution in [0.4, 0.5) is 0 Å². The van der Waals surface area contributed by atoms with E-state index in [1.807, 2.05) is 18.2 Å². The van der Waals surface area contributed by atoms with E-state index in [2.05, 4.69) is 36.8 Å². The number of alkyl halides is 1. The number of amides is 1. The molecule has 2 saturated heterocycles. The van der Waals surface area contributed by atoms with Gasteiger partial charge in [-0.25, -0.2) is 0 Å². The van der Waals surface area contributed by atoms with Crippen molar-refractivity contribution in [2.75, 3.05) is 0 Å². The van der Waals surface area contributed by atoms with Crippen LogP contribution in [0.2, 0.25) is 0 Å². The van der Waals surface area contributed by atoms with Gasteiger partial charge in [0.15, 0.2) is 0 Å². The number of carbonyl (C=O) groups is 1. The van der Waals surface area contributed by atoms with Crippen LogP contribution in [-0.4, -0.2) is 28.3 Å². The monoisotopic (exact) mass is 405 g/mol. The minimum atomic E-state index is 0.137. The second-order valence-corrected chi connectivity index (χ2v) is 7.77. The Labute approximate surface area is 134 Å². The number of hydrogen-bond donors (Lipinski definition) is 0. The van der Waals surface area contributed by atoms with E-state index in [0.29, 0.717) is 12.1 Å². The lowest BCUT2D eigenvalue weighted by atomic mass is 10.0. The van der Waals surface area contributed by atoms with Crippen LogP contribution in [-0.2, 0) is 0 Å². The highest BCUT2D eigenvalue weighted by molar-refractivity contribution is 9.11. The highest BCUT2D eigenvalue weighted by Crippen LogP contribution is 2.39. The first-order valence-corrected chi connectivity index (χ1v) is 8.49. The number of hydrogen-bond acceptors (Lipinski definition) is 1. The molecule has 0 spiro atoms. The molecule has 2 aliphatic rings. The molecule has 2 heterocycles. The summed E-state index contributed by atoms with van der Waals surface area (Å²) in [5.41, 5.74) is 0.742. The maximum Gasteiger partial charge on any atom is 0.254 e. The van der Waals surface area contributed by atoms with E-state index in [1.165, 1.54) is 0 Å². The van der Waals surface area contributed by atoms with Crippen LogP contribution in [0.1, 0.15) is 36.0 Å². The second kappa shape index (κ2) is 5.38. The summed E-state index contributed by atoms with van der Waals surface area (Å²) in [5.74, 6) is 0.137. The molecule has 5 heteroatoms.